The van der Waals surface area contributed by atoms with Crippen LogP contribution in [0.25, 0.3) is 0 Å². The van der Waals surface area contributed by atoms with E-state index in [0.717, 1.165) is 17.7 Å². The van der Waals surface area contributed by atoms with Gasteiger partial charge >= 0.3 is 0 Å². The molecule has 1 aliphatic rings. The number of nitrogens with two attached hydrogens (primary N) is 1. The summed E-state index contributed by atoms with van der Waals surface area (Å²) in [5.74, 6) is 0.0575. The number of halogens is 2. The molecule has 94 valence electrons. The zero-order chi connectivity index (χ0) is 12.3. The third-order valence-corrected chi connectivity index (χ3v) is 3.40. The van der Waals surface area contributed by atoms with Crippen molar-refractivity contribution in [1.82, 2.24) is 4.90 Å². The number of alkyl halides is 2. The predicted molar refractivity (Wildman–Crippen MR) is 58.1 cm³/mol. The number of carbonyl (C=O) groups excluding carboxylic acids is 1. The smallest absolute Gasteiger partial charge is 0.255 e. The molecule has 5 heteroatoms. The van der Waals surface area contributed by atoms with E-state index in [1.807, 2.05) is 0 Å². The Morgan fingerprint density at radius 3 is 2.62 bits per heavy atom. The molecule has 3 unspecified atom stereocenters. The molecule has 3 nitrogen and oxygen atoms in total. The molecule has 0 bridgehead atoms. The maximum Gasteiger partial charge on any atom is 0.255 e. The highest BCUT2D eigenvalue weighted by Gasteiger charge is 2.31. The summed E-state index contributed by atoms with van der Waals surface area (Å²) in [6, 6.07) is 0.0163. The minimum Gasteiger partial charge on any atom is -0.340 e. The van der Waals surface area contributed by atoms with Crippen LogP contribution >= 0.6 is 0 Å². The summed E-state index contributed by atoms with van der Waals surface area (Å²) in [6.45, 7) is 1.58. The monoisotopic (exact) mass is 234 g/mol. The zero-order valence-electron chi connectivity index (χ0n) is 9.83. The highest BCUT2D eigenvalue weighted by atomic mass is 19.3. The number of hydrogen-bond donors (Lipinski definition) is 1. The molecular formula is C11H20F2N2O. The predicted octanol–water partition coefficient (Wildman–Crippen LogP) is 1.47. The lowest BCUT2D eigenvalue weighted by Crippen LogP contribution is -2.43. The second kappa shape index (κ2) is 5.57. The first kappa shape index (κ1) is 13.4. The van der Waals surface area contributed by atoms with E-state index in [0.29, 0.717) is 12.3 Å². The van der Waals surface area contributed by atoms with E-state index in [1.54, 1.807) is 0 Å². The summed E-state index contributed by atoms with van der Waals surface area (Å²) in [4.78, 5) is 12.9. The van der Waals surface area contributed by atoms with Crippen molar-refractivity contribution < 1.29 is 13.6 Å². The molecule has 0 saturated heterocycles. The molecule has 0 aromatic rings. The Kier molecular flexibility index (Phi) is 4.65. The molecule has 1 rings (SSSR count). The summed E-state index contributed by atoms with van der Waals surface area (Å²) in [7, 11) is 1.43. The summed E-state index contributed by atoms with van der Waals surface area (Å²) < 4.78 is 24.3. The molecule has 16 heavy (non-hydrogen) atoms. The summed E-state index contributed by atoms with van der Waals surface area (Å²) in [5.41, 5.74) is 5.89. The van der Waals surface area contributed by atoms with Gasteiger partial charge in [0.1, 0.15) is 0 Å². The first-order chi connectivity index (χ1) is 7.41. The Morgan fingerprint density at radius 1 is 1.50 bits per heavy atom. The minimum atomic E-state index is -2.47. The lowest BCUT2D eigenvalue weighted by molar-refractivity contribution is -0.137. The van der Waals surface area contributed by atoms with Gasteiger partial charge in [0.25, 0.3) is 6.43 Å². The fourth-order valence-electron chi connectivity index (χ4n) is 2.19. The fraction of sp³-hybridized carbons (Fsp3) is 0.909. The van der Waals surface area contributed by atoms with E-state index in [1.165, 1.54) is 7.05 Å². The lowest BCUT2D eigenvalue weighted by atomic mass is 9.79. The van der Waals surface area contributed by atoms with Crippen LogP contribution in [-0.2, 0) is 4.79 Å². The van der Waals surface area contributed by atoms with Gasteiger partial charge < -0.3 is 10.6 Å². The summed E-state index contributed by atoms with van der Waals surface area (Å²) >= 11 is 0. The Labute approximate surface area is 95.0 Å². The highest BCUT2D eigenvalue weighted by molar-refractivity contribution is 5.78. The van der Waals surface area contributed by atoms with Crippen LogP contribution in [0.4, 0.5) is 8.78 Å². The average molecular weight is 234 g/mol. The van der Waals surface area contributed by atoms with E-state index in [2.05, 4.69) is 6.92 Å². The number of hydrogen-bond acceptors (Lipinski definition) is 2. The van der Waals surface area contributed by atoms with Gasteiger partial charge in [-0.1, -0.05) is 6.92 Å². The topological polar surface area (TPSA) is 46.3 Å². The van der Waals surface area contributed by atoms with Gasteiger partial charge in [0.2, 0.25) is 5.91 Å². The van der Waals surface area contributed by atoms with Crippen molar-refractivity contribution in [3.63, 3.8) is 0 Å². The molecule has 1 amide bonds. The molecule has 1 fully saturated rings. The third kappa shape index (κ3) is 3.40. The highest BCUT2D eigenvalue weighted by Crippen LogP contribution is 2.28. The molecule has 0 heterocycles. The van der Waals surface area contributed by atoms with Gasteiger partial charge in [0.05, 0.1) is 6.54 Å². The largest absolute Gasteiger partial charge is 0.340 e. The minimum absolute atomic E-state index is 0.0163. The first-order valence-electron chi connectivity index (χ1n) is 5.70. The molecule has 0 spiro atoms. The van der Waals surface area contributed by atoms with Gasteiger partial charge in [-0.25, -0.2) is 8.78 Å². The molecule has 1 saturated carbocycles. The van der Waals surface area contributed by atoms with Crippen molar-refractivity contribution in [1.29, 1.82) is 0 Å². The van der Waals surface area contributed by atoms with Crippen LogP contribution in [0.2, 0.25) is 0 Å². The number of carbonyl (C=O) groups is 1. The molecule has 0 aromatic carbocycles. The second-order valence-electron chi connectivity index (χ2n) is 4.76. The standard InChI is InChI=1S/C11H20F2N2O/c1-7-3-4-8(5-9(7)14)11(16)15(2)6-10(12)13/h7-10H,3-6,14H2,1-2H3. The summed E-state index contributed by atoms with van der Waals surface area (Å²) in [6.07, 6.45) is -0.181. The van der Waals surface area contributed by atoms with Crippen LogP contribution in [-0.4, -0.2) is 36.9 Å². The maximum absolute atomic E-state index is 12.1. The SMILES string of the molecule is CC1CCC(C(=O)N(C)CC(F)F)CC1N. The second-order valence-corrected chi connectivity index (χ2v) is 4.76. The lowest BCUT2D eigenvalue weighted by Gasteiger charge is -2.33. The summed E-state index contributed by atoms with van der Waals surface area (Å²) in [5, 5.41) is 0. The molecular weight excluding hydrogens is 214 g/mol. The van der Waals surface area contributed by atoms with E-state index in [-0.39, 0.29) is 17.9 Å². The van der Waals surface area contributed by atoms with Crippen molar-refractivity contribution in [3.8, 4) is 0 Å². The average Bonchev–Trinajstić information content (AvgIpc) is 2.20. The van der Waals surface area contributed by atoms with Gasteiger partial charge in [-0.2, -0.15) is 0 Å². The molecule has 0 radical (unpaired) electrons. The van der Waals surface area contributed by atoms with Gasteiger partial charge in [-0.15, -0.1) is 0 Å². The molecule has 0 aromatic heterocycles. The van der Waals surface area contributed by atoms with Crippen LogP contribution in [0.3, 0.4) is 0 Å². The van der Waals surface area contributed by atoms with Gasteiger partial charge in [-0.3, -0.25) is 4.79 Å². The Bertz CT molecular complexity index is 248. The number of amides is 1. The quantitative estimate of drug-likeness (QED) is 0.804. The van der Waals surface area contributed by atoms with Crippen LogP contribution in [0.1, 0.15) is 26.2 Å². The van der Waals surface area contributed by atoms with Crippen molar-refractivity contribution in [2.75, 3.05) is 13.6 Å². The van der Waals surface area contributed by atoms with Gasteiger partial charge in [0.15, 0.2) is 0 Å². The van der Waals surface area contributed by atoms with Gasteiger partial charge in [-0.05, 0) is 25.2 Å². The molecule has 2 N–H and O–H groups in total. The Morgan fingerprint density at radius 2 is 2.12 bits per heavy atom. The van der Waals surface area contributed by atoms with Crippen LogP contribution in [0.5, 0.6) is 0 Å². The number of nitrogens with zero attached hydrogens (tertiary/aromatic N) is 1. The van der Waals surface area contributed by atoms with E-state index < -0.39 is 13.0 Å². The van der Waals surface area contributed by atoms with Crippen molar-refractivity contribution in [2.24, 2.45) is 17.6 Å². The normalized spacial score (nSPS) is 30.5. The van der Waals surface area contributed by atoms with Gasteiger partial charge in [0, 0.05) is 19.0 Å². The molecule has 0 aliphatic heterocycles. The van der Waals surface area contributed by atoms with E-state index in [4.69, 9.17) is 5.73 Å². The van der Waals surface area contributed by atoms with Crippen LogP contribution in [0, 0.1) is 11.8 Å². The fourth-order valence-corrected chi connectivity index (χ4v) is 2.19. The number of rotatable bonds is 3. The van der Waals surface area contributed by atoms with E-state index in [9.17, 15) is 13.6 Å². The van der Waals surface area contributed by atoms with Crippen LogP contribution < -0.4 is 5.73 Å². The first-order valence-corrected chi connectivity index (χ1v) is 5.70. The van der Waals surface area contributed by atoms with E-state index >= 15 is 0 Å². The van der Waals surface area contributed by atoms with Crippen molar-refractivity contribution >= 4 is 5.91 Å². The molecule has 1 aliphatic carbocycles. The van der Waals surface area contributed by atoms with Crippen molar-refractivity contribution in [2.45, 2.75) is 38.7 Å². The van der Waals surface area contributed by atoms with Crippen LogP contribution in [0.15, 0.2) is 0 Å². The Hall–Kier alpha value is -0.710. The molecule has 3 atom stereocenters. The van der Waals surface area contributed by atoms with Crippen molar-refractivity contribution in [3.05, 3.63) is 0 Å². The maximum atomic E-state index is 12.1. The Balaban J connectivity index is 2.48. The zero-order valence-corrected chi connectivity index (χ0v) is 9.83. The third-order valence-electron chi connectivity index (χ3n) is 3.40.